The maximum atomic E-state index is 11.8. The highest BCUT2D eigenvalue weighted by Gasteiger charge is 2.21. The zero-order valence-corrected chi connectivity index (χ0v) is 18.2. The van der Waals surface area contributed by atoms with Gasteiger partial charge in [-0.1, -0.05) is 0 Å². The Kier molecular flexibility index (Phi) is 10.1. The second-order valence-corrected chi connectivity index (χ2v) is 8.45. The molecule has 9 heteroatoms. The molecule has 0 saturated carbocycles. The molecule has 3 aliphatic heterocycles. The van der Waals surface area contributed by atoms with Gasteiger partial charge in [0.2, 0.25) is 5.91 Å². The molecule has 0 aromatic rings. The Morgan fingerprint density at radius 1 is 0.690 bits per heavy atom. The van der Waals surface area contributed by atoms with Crippen LogP contribution in [0, 0.1) is 0 Å². The van der Waals surface area contributed by atoms with Crippen LogP contribution in [0.25, 0.3) is 0 Å². The highest BCUT2D eigenvalue weighted by atomic mass is 16.2. The molecule has 0 atom stereocenters. The Hall–Kier alpha value is -0.810. The van der Waals surface area contributed by atoms with Crippen molar-refractivity contribution in [2.24, 2.45) is 5.73 Å². The van der Waals surface area contributed by atoms with Crippen molar-refractivity contribution in [1.29, 1.82) is 0 Å². The minimum atomic E-state index is 0.0818. The SMILES string of the molecule is NCC(=O)N1CCN(CCN(CCN2CCNCC2)CCN2CCNCC2)CC1. The van der Waals surface area contributed by atoms with Gasteiger partial charge in [0, 0.05) is 118 Å². The Morgan fingerprint density at radius 3 is 1.52 bits per heavy atom. The molecule has 9 nitrogen and oxygen atoms in total. The van der Waals surface area contributed by atoms with Crippen molar-refractivity contribution < 1.29 is 4.79 Å². The van der Waals surface area contributed by atoms with Gasteiger partial charge in [-0.15, -0.1) is 0 Å². The highest BCUT2D eigenvalue weighted by molar-refractivity contribution is 5.78. The lowest BCUT2D eigenvalue weighted by atomic mass is 10.3. The van der Waals surface area contributed by atoms with E-state index in [0.29, 0.717) is 0 Å². The average Bonchev–Trinajstić information content (AvgIpc) is 2.79. The van der Waals surface area contributed by atoms with Crippen molar-refractivity contribution >= 4 is 5.91 Å². The van der Waals surface area contributed by atoms with Gasteiger partial charge < -0.3 is 21.3 Å². The maximum Gasteiger partial charge on any atom is 0.236 e. The first-order chi connectivity index (χ1) is 14.2. The molecule has 0 radical (unpaired) electrons. The second-order valence-electron chi connectivity index (χ2n) is 8.45. The minimum absolute atomic E-state index is 0.0818. The quantitative estimate of drug-likeness (QED) is 0.356. The average molecular weight is 411 g/mol. The lowest BCUT2D eigenvalue weighted by Gasteiger charge is -2.37. The van der Waals surface area contributed by atoms with E-state index in [1.165, 1.54) is 39.3 Å². The number of hydrogen-bond donors (Lipinski definition) is 3. The second kappa shape index (κ2) is 12.8. The smallest absolute Gasteiger partial charge is 0.236 e. The fourth-order valence-corrected chi connectivity index (χ4v) is 4.40. The van der Waals surface area contributed by atoms with E-state index in [1.54, 1.807) is 0 Å². The minimum Gasteiger partial charge on any atom is -0.339 e. The summed E-state index contributed by atoms with van der Waals surface area (Å²) in [7, 11) is 0. The van der Waals surface area contributed by atoms with Crippen molar-refractivity contribution in [3.05, 3.63) is 0 Å². The van der Waals surface area contributed by atoms with Gasteiger partial charge in [-0.3, -0.25) is 24.4 Å². The van der Waals surface area contributed by atoms with Crippen molar-refractivity contribution in [3.8, 4) is 0 Å². The molecule has 168 valence electrons. The number of hydrogen-bond acceptors (Lipinski definition) is 8. The molecule has 0 aliphatic carbocycles. The largest absolute Gasteiger partial charge is 0.339 e. The number of carbonyl (C=O) groups excluding carboxylic acids is 1. The number of amides is 1. The molecular weight excluding hydrogens is 368 g/mol. The van der Waals surface area contributed by atoms with Gasteiger partial charge in [0.05, 0.1) is 6.54 Å². The standard InChI is InChI=1S/C20H42N8O/c21-19-20(29)28-17-15-27(16-18-28)14-13-26(11-9-24-5-1-22-2-6-24)12-10-25-7-3-23-4-8-25/h22-23H,1-19,21H2. The van der Waals surface area contributed by atoms with Gasteiger partial charge in [0.25, 0.3) is 0 Å². The molecule has 4 N–H and O–H groups in total. The third kappa shape index (κ3) is 8.09. The lowest BCUT2D eigenvalue weighted by molar-refractivity contribution is -0.131. The molecule has 0 spiro atoms. The van der Waals surface area contributed by atoms with Crippen LogP contribution in [0.2, 0.25) is 0 Å². The number of carbonyl (C=O) groups is 1. The first kappa shape index (κ1) is 22.9. The van der Waals surface area contributed by atoms with Gasteiger partial charge >= 0.3 is 0 Å². The first-order valence-electron chi connectivity index (χ1n) is 11.5. The Labute approximate surface area is 176 Å². The highest BCUT2D eigenvalue weighted by Crippen LogP contribution is 2.04. The van der Waals surface area contributed by atoms with E-state index in [4.69, 9.17) is 5.73 Å². The monoisotopic (exact) mass is 410 g/mol. The molecule has 0 unspecified atom stereocenters. The number of nitrogens with one attached hydrogen (secondary N) is 2. The fourth-order valence-electron chi connectivity index (χ4n) is 4.40. The summed E-state index contributed by atoms with van der Waals surface area (Å²) >= 11 is 0. The molecule has 0 aromatic carbocycles. The maximum absolute atomic E-state index is 11.8. The third-order valence-corrected chi connectivity index (χ3v) is 6.52. The summed E-state index contributed by atoms with van der Waals surface area (Å²) in [6.07, 6.45) is 0. The zero-order valence-electron chi connectivity index (χ0n) is 18.2. The van der Waals surface area contributed by atoms with E-state index in [0.717, 1.165) is 78.5 Å². The van der Waals surface area contributed by atoms with E-state index >= 15 is 0 Å². The van der Waals surface area contributed by atoms with Crippen LogP contribution in [-0.4, -0.2) is 155 Å². The van der Waals surface area contributed by atoms with E-state index in [2.05, 4.69) is 30.2 Å². The van der Waals surface area contributed by atoms with E-state index < -0.39 is 0 Å². The van der Waals surface area contributed by atoms with Gasteiger partial charge in [0.15, 0.2) is 0 Å². The summed E-state index contributed by atoms with van der Waals surface area (Å²) in [5, 5.41) is 6.89. The summed E-state index contributed by atoms with van der Waals surface area (Å²) in [4.78, 5) is 24.0. The van der Waals surface area contributed by atoms with Crippen molar-refractivity contribution in [2.75, 3.05) is 124 Å². The molecule has 0 bridgehead atoms. The molecule has 3 fully saturated rings. The molecule has 0 aromatic heterocycles. The molecule has 3 saturated heterocycles. The molecule has 3 aliphatic rings. The number of nitrogens with zero attached hydrogens (tertiary/aromatic N) is 5. The van der Waals surface area contributed by atoms with E-state index in [-0.39, 0.29) is 12.5 Å². The molecular formula is C20H42N8O. The van der Waals surface area contributed by atoms with Crippen LogP contribution in [-0.2, 0) is 4.79 Å². The van der Waals surface area contributed by atoms with Crippen LogP contribution >= 0.6 is 0 Å². The Morgan fingerprint density at radius 2 is 1.10 bits per heavy atom. The van der Waals surface area contributed by atoms with Gasteiger partial charge in [-0.2, -0.15) is 0 Å². The first-order valence-corrected chi connectivity index (χ1v) is 11.5. The normalized spacial score (nSPS) is 23.0. The fraction of sp³-hybridized carbons (Fsp3) is 0.950. The van der Waals surface area contributed by atoms with E-state index in [9.17, 15) is 4.79 Å². The van der Waals surface area contributed by atoms with Gasteiger partial charge in [0.1, 0.15) is 0 Å². The topological polar surface area (TPSA) is 83.4 Å². The molecule has 3 heterocycles. The summed E-state index contributed by atoms with van der Waals surface area (Å²) in [5.74, 6) is 0.0818. The van der Waals surface area contributed by atoms with Gasteiger partial charge in [-0.25, -0.2) is 0 Å². The van der Waals surface area contributed by atoms with E-state index in [1.807, 2.05) is 4.90 Å². The number of piperazine rings is 3. The van der Waals surface area contributed by atoms with Crippen molar-refractivity contribution in [1.82, 2.24) is 35.1 Å². The third-order valence-electron chi connectivity index (χ3n) is 6.52. The lowest BCUT2D eigenvalue weighted by Crippen LogP contribution is -2.52. The Bertz CT molecular complexity index is 437. The van der Waals surface area contributed by atoms with Crippen LogP contribution in [0.15, 0.2) is 0 Å². The van der Waals surface area contributed by atoms with Gasteiger partial charge in [-0.05, 0) is 0 Å². The zero-order chi connectivity index (χ0) is 20.3. The Balaban J connectivity index is 1.40. The number of rotatable bonds is 10. The summed E-state index contributed by atoms with van der Waals surface area (Å²) < 4.78 is 0. The van der Waals surface area contributed by atoms with Crippen molar-refractivity contribution in [3.63, 3.8) is 0 Å². The summed E-state index contributed by atoms with van der Waals surface area (Å²) in [6.45, 7) is 19.7. The molecule has 1 amide bonds. The summed E-state index contributed by atoms with van der Waals surface area (Å²) in [6, 6.07) is 0. The molecule has 3 rings (SSSR count). The number of nitrogens with two attached hydrogens (primary N) is 1. The predicted octanol–water partition coefficient (Wildman–Crippen LogP) is -2.80. The predicted molar refractivity (Wildman–Crippen MR) is 117 cm³/mol. The van der Waals surface area contributed by atoms with Crippen LogP contribution in [0.5, 0.6) is 0 Å². The van der Waals surface area contributed by atoms with Crippen LogP contribution in [0.1, 0.15) is 0 Å². The van der Waals surface area contributed by atoms with Crippen LogP contribution < -0.4 is 16.4 Å². The van der Waals surface area contributed by atoms with Crippen molar-refractivity contribution in [2.45, 2.75) is 0 Å². The van der Waals surface area contributed by atoms with Crippen LogP contribution in [0.3, 0.4) is 0 Å². The summed E-state index contributed by atoms with van der Waals surface area (Å²) in [5.41, 5.74) is 5.50. The molecule has 29 heavy (non-hydrogen) atoms. The van der Waals surface area contributed by atoms with Crippen LogP contribution in [0.4, 0.5) is 0 Å².